The van der Waals surface area contributed by atoms with E-state index in [1.165, 1.54) is 35.5 Å². The van der Waals surface area contributed by atoms with Gasteiger partial charge in [-0.3, -0.25) is 4.79 Å². The van der Waals surface area contributed by atoms with Gasteiger partial charge >= 0.3 is 5.97 Å². The van der Waals surface area contributed by atoms with E-state index in [1.807, 2.05) is 0 Å². The van der Waals surface area contributed by atoms with E-state index in [-0.39, 0.29) is 23.5 Å². The molecule has 1 fully saturated rings. The molecule has 1 N–H and O–H groups in total. The normalized spacial score (nSPS) is 15.7. The maximum atomic E-state index is 12.6. The van der Waals surface area contributed by atoms with Crippen LogP contribution in [0, 0.1) is 0 Å². The first-order valence-corrected chi connectivity index (χ1v) is 11.1. The van der Waals surface area contributed by atoms with Crippen molar-refractivity contribution in [3.63, 3.8) is 0 Å². The molecule has 10 heteroatoms. The highest BCUT2D eigenvalue weighted by Gasteiger charge is 2.27. The van der Waals surface area contributed by atoms with Gasteiger partial charge in [0.15, 0.2) is 6.10 Å². The second-order valence-electron chi connectivity index (χ2n) is 6.81. The minimum atomic E-state index is -3.65. The lowest BCUT2D eigenvalue weighted by Gasteiger charge is -2.26. The number of hydrogen-bond donors (Lipinski definition) is 1. The largest absolute Gasteiger partial charge is 0.497 e. The zero-order chi connectivity index (χ0) is 22.4. The number of nitrogens with zero attached hydrogens (tertiary/aromatic N) is 1. The van der Waals surface area contributed by atoms with Crippen molar-refractivity contribution in [3.8, 4) is 5.75 Å². The number of esters is 1. The molecule has 0 spiro atoms. The summed E-state index contributed by atoms with van der Waals surface area (Å²) in [7, 11) is -2.11. The van der Waals surface area contributed by atoms with Crippen LogP contribution < -0.4 is 10.1 Å². The monoisotopic (exact) mass is 448 g/mol. The first-order valence-electron chi connectivity index (χ1n) is 9.65. The topological polar surface area (TPSA) is 111 Å². The Kier molecular flexibility index (Phi) is 7.26. The van der Waals surface area contributed by atoms with Crippen LogP contribution >= 0.6 is 0 Å². The number of sulfonamides is 1. The fourth-order valence-corrected chi connectivity index (χ4v) is 4.31. The van der Waals surface area contributed by atoms with Crippen LogP contribution in [0.5, 0.6) is 5.75 Å². The first kappa shape index (κ1) is 22.7. The standard InChI is InChI=1S/C21H24N2O7S/c1-15(20(24)22-17-5-7-18(28-2)8-6-17)30-21(25)16-3-9-19(10-4-16)31(26,27)23-11-13-29-14-12-23/h3-10,15H,11-14H2,1-2H3,(H,22,24). The number of benzene rings is 2. The van der Waals surface area contributed by atoms with E-state index in [1.54, 1.807) is 31.4 Å². The molecule has 1 aliphatic rings. The molecule has 1 heterocycles. The lowest BCUT2D eigenvalue weighted by molar-refractivity contribution is -0.123. The summed E-state index contributed by atoms with van der Waals surface area (Å²) >= 11 is 0. The molecule has 1 atom stereocenters. The number of ether oxygens (including phenoxy) is 3. The van der Waals surface area contributed by atoms with Gasteiger partial charge in [0, 0.05) is 18.8 Å². The Bertz CT molecular complexity index is 1010. The molecular weight excluding hydrogens is 424 g/mol. The highest BCUT2D eigenvalue weighted by Crippen LogP contribution is 2.19. The van der Waals surface area contributed by atoms with Crippen molar-refractivity contribution in [2.45, 2.75) is 17.9 Å². The summed E-state index contributed by atoms with van der Waals surface area (Å²) in [4.78, 5) is 24.7. The zero-order valence-corrected chi connectivity index (χ0v) is 18.1. The van der Waals surface area contributed by atoms with Crippen molar-refractivity contribution < 1.29 is 32.2 Å². The van der Waals surface area contributed by atoms with Crippen LogP contribution in [0.1, 0.15) is 17.3 Å². The number of rotatable bonds is 7. The number of morpholine rings is 1. The molecule has 31 heavy (non-hydrogen) atoms. The Hall–Kier alpha value is -2.95. The highest BCUT2D eigenvalue weighted by molar-refractivity contribution is 7.89. The summed E-state index contributed by atoms with van der Waals surface area (Å²) in [5.41, 5.74) is 0.677. The van der Waals surface area contributed by atoms with Gasteiger partial charge in [0.2, 0.25) is 10.0 Å². The zero-order valence-electron chi connectivity index (χ0n) is 17.2. The number of carbonyl (C=O) groups excluding carboxylic acids is 2. The van der Waals surface area contributed by atoms with Crippen molar-refractivity contribution in [3.05, 3.63) is 54.1 Å². The van der Waals surface area contributed by atoms with Crippen molar-refractivity contribution in [1.29, 1.82) is 0 Å². The van der Waals surface area contributed by atoms with Crippen LogP contribution in [0.2, 0.25) is 0 Å². The van der Waals surface area contributed by atoms with Crippen LogP contribution in [-0.4, -0.2) is 64.1 Å². The van der Waals surface area contributed by atoms with Crippen molar-refractivity contribution in [2.75, 3.05) is 38.7 Å². The van der Waals surface area contributed by atoms with Gasteiger partial charge in [-0.1, -0.05) is 0 Å². The predicted octanol–water partition coefficient (Wildman–Crippen LogP) is 1.90. The van der Waals surface area contributed by atoms with Gasteiger partial charge in [-0.2, -0.15) is 4.31 Å². The van der Waals surface area contributed by atoms with Crippen molar-refractivity contribution in [2.24, 2.45) is 0 Å². The Labute approximate surface area is 181 Å². The molecule has 2 aromatic rings. The molecule has 166 valence electrons. The molecule has 3 rings (SSSR count). The summed E-state index contributed by atoms with van der Waals surface area (Å²) in [6, 6.07) is 12.1. The Morgan fingerprint density at radius 2 is 1.65 bits per heavy atom. The fraction of sp³-hybridized carbons (Fsp3) is 0.333. The van der Waals surface area contributed by atoms with Gasteiger partial charge in [0.25, 0.3) is 5.91 Å². The maximum absolute atomic E-state index is 12.6. The number of amides is 1. The summed E-state index contributed by atoms with van der Waals surface area (Å²) in [5, 5.41) is 2.65. The summed E-state index contributed by atoms with van der Waals surface area (Å²) < 4.78 is 42.1. The molecule has 1 amide bonds. The molecule has 0 aromatic heterocycles. The number of nitrogens with one attached hydrogen (secondary N) is 1. The molecule has 1 aliphatic heterocycles. The van der Waals surface area contributed by atoms with Crippen molar-refractivity contribution in [1.82, 2.24) is 4.31 Å². The summed E-state index contributed by atoms with van der Waals surface area (Å²) in [6.07, 6.45) is -1.05. The van der Waals surface area contributed by atoms with Crippen LogP contribution in [-0.2, 0) is 24.3 Å². The van der Waals surface area contributed by atoms with E-state index in [4.69, 9.17) is 14.2 Å². The van der Waals surface area contributed by atoms with E-state index in [0.29, 0.717) is 24.7 Å². The Morgan fingerprint density at radius 1 is 1.03 bits per heavy atom. The van der Waals surface area contributed by atoms with E-state index in [2.05, 4.69) is 5.32 Å². The Morgan fingerprint density at radius 3 is 2.23 bits per heavy atom. The molecule has 0 radical (unpaired) electrons. The van der Waals surface area contributed by atoms with Gasteiger partial charge < -0.3 is 19.5 Å². The van der Waals surface area contributed by atoms with E-state index in [9.17, 15) is 18.0 Å². The second kappa shape index (κ2) is 9.90. The van der Waals surface area contributed by atoms with Gasteiger partial charge in [0.05, 0.1) is 30.8 Å². The average molecular weight is 448 g/mol. The van der Waals surface area contributed by atoms with Gasteiger partial charge in [-0.25, -0.2) is 13.2 Å². The fourth-order valence-electron chi connectivity index (χ4n) is 2.90. The number of hydrogen-bond acceptors (Lipinski definition) is 7. The highest BCUT2D eigenvalue weighted by atomic mass is 32.2. The lowest BCUT2D eigenvalue weighted by atomic mass is 10.2. The first-order chi connectivity index (χ1) is 14.8. The number of carbonyl (C=O) groups is 2. The van der Waals surface area contributed by atoms with E-state index in [0.717, 1.165) is 0 Å². The molecule has 0 saturated carbocycles. The third kappa shape index (κ3) is 5.60. The lowest BCUT2D eigenvalue weighted by Crippen LogP contribution is -2.40. The van der Waals surface area contributed by atoms with E-state index < -0.39 is 28.0 Å². The quantitative estimate of drug-likeness (QED) is 0.644. The van der Waals surface area contributed by atoms with E-state index >= 15 is 0 Å². The molecular formula is C21H24N2O7S. The van der Waals surface area contributed by atoms with Gasteiger partial charge in [-0.15, -0.1) is 0 Å². The second-order valence-corrected chi connectivity index (χ2v) is 8.74. The van der Waals surface area contributed by atoms with Gasteiger partial charge in [0.1, 0.15) is 5.75 Å². The molecule has 9 nitrogen and oxygen atoms in total. The molecule has 0 bridgehead atoms. The predicted molar refractivity (Wildman–Crippen MR) is 113 cm³/mol. The molecule has 1 unspecified atom stereocenters. The van der Waals surface area contributed by atoms with Crippen molar-refractivity contribution >= 4 is 27.6 Å². The summed E-state index contributed by atoms with van der Waals surface area (Å²) in [6.45, 7) is 2.72. The smallest absolute Gasteiger partial charge is 0.338 e. The van der Waals surface area contributed by atoms with Gasteiger partial charge in [-0.05, 0) is 55.5 Å². The van der Waals surface area contributed by atoms with Crippen LogP contribution in [0.25, 0.3) is 0 Å². The minimum Gasteiger partial charge on any atom is -0.497 e. The number of anilines is 1. The molecule has 1 saturated heterocycles. The molecule has 2 aromatic carbocycles. The summed E-state index contributed by atoms with van der Waals surface area (Å²) in [5.74, 6) is -0.575. The van der Waals surface area contributed by atoms with Crippen LogP contribution in [0.4, 0.5) is 5.69 Å². The number of methoxy groups -OCH3 is 1. The SMILES string of the molecule is COc1ccc(NC(=O)C(C)OC(=O)c2ccc(S(=O)(=O)N3CCOCC3)cc2)cc1. The molecule has 0 aliphatic carbocycles. The Balaban J connectivity index is 1.59. The average Bonchev–Trinajstić information content (AvgIpc) is 2.80. The third-order valence-corrected chi connectivity index (χ3v) is 6.62. The minimum absolute atomic E-state index is 0.0799. The van der Waals surface area contributed by atoms with Crippen LogP contribution in [0.3, 0.4) is 0 Å². The third-order valence-electron chi connectivity index (χ3n) is 4.71. The maximum Gasteiger partial charge on any atom is 0.338 e. The van der Waals surface area contributed by atoms with Crippen LogP contribution in [0.15, 0.2) is 53.4 Å².